The highest BCUT2D eigenvalue weighted by molar-refractivity contribution is 6.10. The van der Waals surface area contributed by atoms with Gasteiger partial charge in [0, 0.05) is 31.9 Å². The van der Waals surface area contributed by atoms with E-state index in [0.717, 1.165) is 13.1 Å². The Kier molecular flexibility index (Phi) is 5.44. The van der Waals surface area contributed by atoms with E-state index in [-0.39, 0.29) is 24.1 Å². The second-order valence-corrected chi connectivity index (χ2v) is 7.92. The van der Waals surface area contributed by atoms with Gasteiger partial charge in [-0.05, 0) is 37.6 Å². The second kappa shape index (κ2) is 8.18. The number of piperazine rings is 1. The number of rotatable bonds is 3. The summed E-state index contributed by atoms with van der Waals surface area (Å²) >= 11 is 0. The van der Waals surface area contributed by atoms with Crippen molar-refractivity contribution in [1.82, 2.24) is 10.2 Å². The Hall–Kier alpha value is -3.35. The Balaban J connectivity index is 1.37. The smallest absolute Gasteiger partial charge is 0.254 e. The van der Waals surface area contributed by atoms with E-state index in [9.17, 15) is 14.4 Å². The molecule has 156 valence electrons. The lowest BCUT2D eigenvalue weighted by Gasteiger charge is -2.37. The van der Waals surface area contributed by atoms with Gasteiger partial charge in [0.05, 0.1) is 17.7 Å². The molecule has 0 aromatic heterocycles. The predicted molar refractivity (Wildman–Crippen MR) is 116 cm³/mol. The highest BCUT2D eigenvalue weighted by Crippen LogP contribution is 2.23. The third-order valence-corrected chi connectivity index (χ3v) is 5.76. The fourth-order valence-corrected chi connectivity index (χ4v) is 4.12. The van der Waals surface area contributed by atoms with E-state index in [1.165, 1.54) is 16.8 Å². The van der Waals surface area contributed by atoms with Crippen LogP contribution in [0.5, 0.6) is 0 Å². The van der Waals surface area contributed by atoms with Crippen molar-refractivity contribution in [2.24, 2.45) is 0 Å². The number of nitrogens with one attached hydrogen (secondary N) is 2. The van der Waals surface area contributed by atoms with Crippen LogP contribution in [0.1, 0.15) is 27.9 Å². The Morgan fingerprint density at radius 1 is 1.03 bits per heavy atom. The van der Waals surface area contributed by atoms with Crippen molar-refractivity contribution < 1.29 is 14.4 Å². The van der Waals surface area contributed by atoms with Crippen molar-refractivity contribution in [1.29, 1.82) is 0 Å². The van der Waals surface area contributed by atoms with Crippen LogP contribution in [0.3, 0.4) is 0 Å². The average Bonchev–Trinajstić information content (AvgIpc) is 2.84. The summed E-state index contributed by atoms with van der Waals surface area (Å²) in [5, 5.41) is 5.44. The summed E-state index contributed by atoms with van der Waals surface area (Å²) in [7, 11) is 0. The summed E-state index contributed by atoms with van der Waals surface area (Å²) in [5.41, 5.74) is 4.53. The lowest BCUT2D eigenvalue weighted by Crippen LogP contribution is -2.51. The zero-order chi connectivity index (χ0) is 21.3. The van der Waals surface area contributed by atoms with E-state index >= 15 is 0 Å². The summed E-state index contributed by atoms with van der Waals surface area (Å²) in [6.45, 7) is 6.84. The van der Waals surface area contributed by atoms with Crippen LogP contribution in [0, 0.1) is 13.8 Å². The summed E-state index contributed by atoms with van der Waals surface area (Å²) in [6.07, 6.45) is -0.0465. The molecular weight excluding hydrogens is 380 g/mol. The first kappa shape index (κ1) is 19.9. The molecule has 0 aliphatic carbocycles. The van der Waals surface area contributed by atoms with E-state index in [1.807, 2.05) is 0 Å². The number of benzene rings is 2. The maximum Gasteiger partial charge on any atom is 0.254 e. The Bertz CT molecular complexity index is 996. The number of aryl methyl sites for hydroxylation is 2. The van der Waals surface area contributed by atoms with Crippen molar-refractivity contribution in [3.63, 3.8) is 0 Å². The van der Waals surface area contributed by atoms with Gasteiger partial charge in [0.2, 0.25) is 11.8 Å². The van der Waals surface area contributed by atoms with Gasteiger partial charge < -0.3 is 20.4 Å². The first-order valence-electron chi connectivity index (χ1n) is 10.2. The number of anilines is 2. The molecule has 2 aliphatic heterocycles. The molecule has 1 saturated heterocycles. The maximum atomic E-state index is 12.8. The summed E-state index contributed by atoms with van der Waals surface area (Å²) in [6, 6.07) is 12.4. The molecule has 0 radical (unpaired) electrons. The SMILES string of the molecule is Cc1ccc(N2CCN(C(=O)C[C@H]3NC(=O)c4ccccc4NC3=O)CC2)c(C)c1. The first-order valence-corrected chi connectivity index (χ1v) is 10.2. The maximum absolute atomic E-state index is 12.8. The number of hydrogen-bond donors (Lipinski definition) is 2. The quantitative estimate of drug-likeness (QED) is 0.818. The topological polar surface area (TPSA) is 81.8 Å². The van der Waals surface area contributed by atoms with E-state index in [2.05, 4.69) is 47.6 Å². The van der Waals surface area contributed by atoms with E-state index in [1.54, 1.807) is 29.2 Å². The van der Waals surface area contributed by atoms with Crippen molar-refractivity contribution in [2.45, 2.75) is 26.3 Å². The molecule has 2 aliphatic rings. The van der Waals surface area contributed by atoms with Gasteiger partial charge in [0.25, 0.3) is 5.91 Å². The first-order chi connectivity index (χ1) is 14.4. The van der Waals surface area contributed by atoms with Gasteiger partial charge in [-0.25, -0.2) is 0 Å². The number of amides is 3. The number of hydrogen-bond acceptors (Lipinski definition) is 4. The van der Waals surface area contributed by atoms with E-state index in [4.69, 9.17) is 0 Å². The predicted octanol–water partition coefficient (Wildman–Crippen LogP) is 2.09. The van der Waals surface area contributed by atoms with Gasteiger partial charge in [-0.15, -0.1) is 0 Å². The van der Waals surface area contributed by atoms with E-state index < -0.39 is 6.04 Å². The van der Waals surface area contributed by atoms with Crippen LogP contribution >= 0.6 is 0 Å². The molecule has 2 N–H and O–H groups in total. The minimum atomic E-state index is -0.880. The van der Waals surface area contributed by atoms with Gasteiger partial charge in [0.1, 0.15) is 6.04 Å². The highest BCUT2D eigenvalue weighted by Gasteiger charge is 2.31. The molecule has 7 heteroatoms. The number of carbonyl (C=O) groups is 3. The molecule has 30 heavy (non-hydrogen) atoms. The van der Waals surface area contributed by atoms with E-state index in [0.29, 0.717) is 24.3 Å². The van der Waals surface area contributed by atoms with Crippen LogP contribution < -0.4 is 15.5 Å². The van der Waals surface area contributed by atoms with Gasteiger partial charge >= 0.3 is 0 Å². The van der Waals surface area contributed by atoms with Gasteiger partial charge in [-0.2, -0.15) is 0 Å². The minimum absolute atomic E-state index is 0.0465. The zero-order valence-corrected chi connectivity index (χ0v) is 17.3. The van der Waals surface area contributed by atoms with Crippen LogP contribution in [0.2, 0.25) is 0 Å². The molecule has 2 aromatic carbocycles. The summed E-state index contributed by atoms with van der Waals surface area (Å²) in [4.78, 5) is 41.9. The molecule has 0 saturated carbocycles. The van der Waals surface area contributed by atoms with Crippen molar-refractivity contribution in [3.8, 4) is 0 Å². The molecular formula is C23H26N4O3. The lowest BCUT2D eigenvalue weighted by molar-refractivity contribution is -0.134. The second-order valence-electron chi connectivity index (χ2n) is 7.92. The lowest BCUT2D eigenvalue weighted by atomic mass is 10.1. The number of fused-ring (bicyclic) bond motifs is 1. The molecule has 2 aromatic rings. The molecule has 4 rings (SSSR count). The normalized spacial score (nSPS) is 18.9. The van der Waals surface area contributed by atoms with Crippen LogP contribution in [0.15, 0.2) is 42.5 Å². The zero-order valence-electron chi connectivity index (χ0n) is 17.3. The van der Waals surface area contributed by atoms with Crippen molar-refractivity contribution in [3.05, 3.63) is 59.2 Å². The summed E-state index contributed by atoms with van der Waals surface area (Å²) in [5.74, 6) is -0.835. The summed E-state index contributed by atoms with van der Waals surface area (Å²) < 4.78 is 0. The molecule has 0 bridgehead atoms. The van der Waals surface area contributed by atoms with Crippen LogP contribution in [-0.4, -0.2) is 54.8 Å². The molecule has 0 spiro atoms. The average molecular weight is 406 g/mol. The molecule has 1 atom stereocenters. The van der Waals surface area contributed by atoms with Crippen molar-refractivity contribution in [2.75, 3.05) is 36.4 Å². The third kappa shape index (κ3) is 4.01. The molecule has 0 unspecified atom stereocenters. The van der Waals surface area contributed by atoms with Gasteiger partial charge in [-0.1, -0.05) is 29.8 Å². The molecule has 1 fully saturated rings. The number of carbonyl (C=O) groups excluding carboxylic acids is 3. The highest BCUT2D eigenvalue weighted by atomic mass is 16.2. The Morgan fingerprint density at radius 3 is 2.50 bits per heavy atom. The number of nitrogens with zero attached hydrogens (tertiary/aromatic N) is 2. The fourth-order valence-electron chi connectivity index (χ4n) is 4.12. The Morgan fingerprint density at radius 2 is 1.77 bits per heavy atom. The minimum Gasteiger partial charge on any atom is -0.368 e. The molecule has 3 amide bonds. The van der Waals surface area contributed by atoms with Crippen LogP contribution in [0.25, 0.3) is 0 Å². The van der Waals surface area contributed by atoms with Crippen LogP contribution in [0.4, 0.5) is 11.4 Å². The molecule has 2 heterocycles. The standard InChI is InChI=1S/C23H26N4O3/c1-15-7-8-20(16(2)13-15)26-9-11-27(12-10-26)21(28)14-19-23(30)24-18-6-4-3-5-17(18)22(29)25-19/h3-8,13,19H,9-12,14H2,1-2H3,(H,24,30)(H,25,29)/t19-/m1/s1. The third-order valence-electron chi connectivity index (χ3n) is 5.76. The molecule has 7 nitrogen and oxygen atoms in total. The monoisotopic (exact) mass is 406 g/mol. The fraction of sp³-hybridized carbons (Fsp3) is 0.348. The van der Waals surface area contributed by atoms with Gasteiger partial charge in [0.15, 0.2) is 0 Å². The Labute approximate surface area is 176 Å². The van der Waals surface area contributed by atoms with Gasteiger partial charge in [-0.3, -0.25) is 14.4 Å². The van der Waals surface area contributed by atoms with Crippen LogP contribution in [-0.2, 0) is 9.59 Å². The largest absolute Gasteiger partial charge is 0.368 e. The number of para-hydroxylation sites is 1. The van der Waals surface area contributed by atoms with Crippen molar-refractivity contribution >= 4 is 29.1 Å².